The van der Waals surface area contributed by atoms with Crippen LogP contribution in [0.15, 0.2) is 0 Å². The van der Waals surface area contributed by atoms with E-state index in [0.29, 0.717) is 0 Å². The molecule has 0 aliphatic carbocycles. The minimum atomic E-state index is 0. The second-order valence-corrected chi connectivity index (χ2v) is 6.72. The monoisotopic (exact) mass is 340 g/mol. The maximum atomic E-state index is 3.46. The van der Waals surface area contributed by atoms with E-state index in [9.17, 15) is 0 Å². The lowest BCUT2D eigenvalue weighted by Gasteiger charge is -2.38. The lowest BCUT2D eigenvalue weighted by molar-refractivity contribution is -0.911. The zero-order valence-corrected chi connectivity index (χ0v) is 15.9. The number of nitrogens with one attached hydrogen (secondary N) is 1. The molecule has 2 nitrogen and oxygen atoms in total. The van der Waals surface area contributed by atoms with E-state index < -0.39 is 0 Å². The summed E-state index contributed by atoms with van der Waals surface area (Å²) in [7, 11) is 2.44. The van der Waals surface area contributed by atoms with Crippen molar-refractivity contribution in [2.75, 3.05) is 39.8 Å². The molecule has 0 atom stereocenters. The molecule has 1 aliphatic rings. The van der Waals surface area contributed by atoms with Crippen LogP contribution in [0.5, 0.6) is 0 Å². The molecule has 130 valence electrons. The lowest BCUT2D eigenvalue weighted by atomic mass is 10.1. The van der Waals surface area contributed by atoms with Gasteiger partial charge in [0, 0.05) is 13.1 Å². The molecule has 1 fully saturated rings. The quantitative estimate of drug-likeness (QED) is 0.442. The van der Waals surface area contributed by atoms with Gasteiger partial charge in [-0.05, 0) is 12.8 Å². The van der Waals surface area contributed by atoms with Gasteiger partial charge in [0.15, 0.2) is 0 Å². The van der Waals surface area contributed by atoms with Gasteiger partial charge in [0.05, 0.1) is 26.7 Å². The summed E-state index contributed by atoms with van der Waals surface area (Å²) in [5.74, 6) is 0. The van der Waals surface area contributed by atoms with E-state index in [1.54, 1.807) is 0 Å². The third kappa shape index (κ3) is 12.7. The maximum absolute atomic E-state index is 3.46. The zero-order chi connectivity index (χ0) is 13.8. The molecule has 0 bridgehead atoms. The fourth-order valence-corrected chi connectivity index (χ4v) is 3.14. The SMILES string of the molecule is CCCCCCCCCCCC[N+]1(C)CCNCC1.Cl.[Cl-]. The minimum Gasteiger partial charge on any atom is -1.00 e. The smallest absolute Gasteiger partial charge is 0.0911 e. The van der Waals surface area contributed by atoms with Crippen molar-refractivity contribution < 1.29 is 16.9 Å². The van der Waals surface area contributed by atoms with Crippen LogP contribution >= 0.6 is 12.4 Å². The van der Waals surface area contributed by atoms with Gasteiger partial charge < -0.3 is 22.2 Å². The van der Waals surface area contributed by atoms with E-state index in [0.717, 1.165) is 0 Å². The predicted octanol–water partition coefficient (Wildman–Crippen LogP) is 1.38. The Kier molecular flexibility index (Phi) is 17.4. The second kappa shape index (κ2) is 15.4. The molecular weight excluding hydrogens is 303 g/mol. The van der Waals surface area contributed by atoms with Crippen molar-refractivity contribution in [3.05, 3.63) is 0 Å². The first-order chi connectivity index (χ1) is 9.27. The van der Waals surface area contributed by atoms with Gasteiger partial charge in [-0.25, -0.2) is 0 Å². The highest BCUT2D eigenvalue weighted by atomic mass is 35.5. The average Bonchev–Trinajstić information content (AvgIpc) is 2.42. The Morgan fingerprint density at radius 2 is 1.19 bits per heavy atom. The predicted molar refractivity (Wildman–Crippen MR) is 92.7 cm³/mol. The second-order valence-electron chi connectivity index (χ2n) is 6.72. The largest absolute Gasteiger partial charge is 1.00 e. The molecule has 1 rings (SSSR count). The van der Waals surface area contributed by atoms with Gasteiger partial charge in [-0.3, -0.25) is 0 Å². The summed E-state index contributed by atoms with van der Waals surface area (Å²) < 4.78 is 1.31. The highest BCUT2D eigenvalue weighted by Gasteiger charge is 2.23. The third-order valence-corrected chi connectivity index (χ3v) is 4.71. The van der Waals surface area contributed by atoms with Crippen molar-refractivity contribution in [3.8, 4) is 0 Å². The van der Waals surface area contributed by atoms with Crippen LogP contribution in [0.25, 0.3) is 0 Å². The lowest BCUT2D eigenvalue weighted by Crippen LogP contribution is -3.00. The standard InChI is InChI=1S/C17H37N2.2ClH/c1-3-4-5-6-7-8-9-10-11-12-15-19(2)16-13-18-14-17-19;;/h18H,3-17H2,1-2H3;2*1H/q+1;;/p-1. The van der Waals surface area contributed by atoms with Gasteiger partial charge in [0.25, 0.3) is 0 Å². The summed E-state index contributed by atoms with van der Waals surface area (Å²) in [5, 5.41) is 3.46. The van der Waals surface area contributed by atoms with Gasteiger partial charge in [-0.1, -0.05) is 58.3 Å². The Balaban J connectivity index is 0. The van der Waals surface area contributed by atoms with Crippen molar-refractivity contribution in [3.63, 3.8) is 0 Å². The zero-order valence-electron chi connectivity index (χ0n) is 14.3. The minimum absolute atomic E-state index is 0. The number of unbranched alkanes of at least 4 members (excludes halogenated alkanes) is 9. The summed E-state index contributed by atoms with van der Waals surface area (Å²) in [6, 6.07) is 0. The summed E-state index contributed by atoms with van der Waals surface area (Å²) in [4.78, 5) is 0. The molecule has 1 heterocycles. The Bertz CT molecular complexity index is 207. The Morgan fingerprint density at radius 1 is 0.762 bits per heavy atom. The van der Waals surface area contributed by atoms with Crippen LogP contribution in [0, 0.1) is 0 Å². The van der Waals surface area contributed by atoms with Crippen LogP contribution in [0.2, 0.25) is 0 Å². The molecule has 21 heavy (non-hydrogen) atoms. The van der Waals surface area contributed by atoms with Crippen molar-refractivity contribution in [2.45, 2.75) is 71.1 Å². The van der Waals surface area contributed by atoms with Gasteiger partial charge in [0.1, 0.15) is 0 Å². The molecular formula is C17H38Cl2N2. The molecule has 0 radical (unpaired) electrons. The number of halogens is 2. The molecule has 0 aromatic rings. The molecule has 0 unspecified atom stereocenters. The Hall–Kier alpha value is 0.500. The van der Waals surface area contributed by atoms with Crippen molar-refractivity contribution >= 4 is 12.4 Å². The number of rotatable bonds is 11. The molecule has 4 heteroatoms. The number of hydrogen-bond acceptors (Lipinski definition) is 1. The summed E-state index contributed by atoms with van der Waals surface area (Å²) in [5.41, 5.74) is 0. The molecule has 0 aromatic carbocycles. The fourth-order valence-electron chi connectivity index (χ4n) is 3.14. The molecule has 1 aliphatic heterocycles. The summed E-state index contributed by atoms with van der Waals surface area (Å²) in [6.45, 7) is 8.79. The van der Waals surface area contributed by atoms with Crippen LogP contribution < -0.4 is 17.7 Å². The first kappa shape index (κ1) is 23.8. The summed E-state index contributed by atoms with van der Waals surface area (Å²) >= 11 is 0. The molecule has 0 amide bonds. The average molecular weight is 341 g/mol. The van der Waals surface area contributed by atoms with Gasteiger partial charge in [-0.2, -0.15) is 0 Å². The van der Waals surface area contributed by atoms with E-state index in [-0.39, 0.29) is 24.8 Å². The highest BCUT2D eigenvalue weighted by molar-refractivity contribution is 5.85. The van der Waals surface area contributed by atoms with Crippen LogP contribution in [0.3, 0.4) is 0 Å². The van der Waals surface area contributed by atoms with E-state index in [1.807, 2.05) is 0 Å². The molecule has 0 saturated carbocycles. The van der Waals surface area contributed by atoms with Crippen LogP contribution in [-0.2, 0) is 0 Å². The van der Waals surface area contributed by atoms with Crippen LogP contribution in [0.1, 0.15) is 71.1 Å². The van der Waals surface area contributed by atoms with Crippen LogP contribution in [0.4, 0.5) is 0 Å². The van der Waals surface area contributed by atoms with Crippen molar-refractivity contribution in [2.24, 2.45) is 0 Å². The van der Waals surface area contributed by atoms with Gasteiger partial charge in [-0.15, -0.1) is 12.4 Å². The molecule has 0 spiro atoms. The Morgan fingerprint density at radius 3 is 1.67 bits per heavy atom. The van der Waals surface area contributed by atoms with E-state index in [1.165, 1.54) is 101 Å². The van der Waals surface area contributed by atoms with Gasteiger partial charge in [0.2, 0.25) is 0 Å². The Labute approximate surface area is 145 Å². The normalized spacial score (nSPS) is 16.9. The molecule has 1 saturated heterocycles. The topological polar surface area (TPSA) is 12.0 Å². The fraction of sp³-hybridized carbons (Fsp3) is 1.00. The van der Waals surface area contributed by atoms with E-state index >= 15 is 0 Å². The maximum Gasteiger partial charge on any atom is 0.0911 e. The van der Waals surface area contributed by atoms with Crippen LogP contribution in [-0.4, -0.2) is 44.3 Å². The molecule has 0 aromatic heterocycles. The van der Waals surface area contributed by atoms with Crippen molar-refractivity contribution in [1.29, 1.82) is 0 Å². The number of quaternary nitrogens is 1. The van der Waals surface area contributed by atoms with Gasteiger partial charge >= 0.3 is 0 Å². The first-order valence-electron chi connectivity index (χ1n) is 8.81. The summed E-state index contributed by atoms with van der Waals surface area (Å²) in [6.07, 6.45) is 14.5. The van der Waals surface area contributed by atoms with Crippen molar-refractivity contribution in [1.82, 2.24) is 5.32 Å². The third-order valence-electron chi connectivity index (χ3n) is 4.71. The number of piperazine rings is 1. The number of nitrogens with zero attached hydrogens (tertiary/aromatic N) is 1. The number of likely N-dealkylation sites (N-methyl/N-ethyl adjacent to an activating group) is 1. The molecule has 1 N–H and O–H groups in total. The number of hydrogen-bond donors (Lipinski definition) is 1. The van der Waals surface area contributed by atoms with E-state index in [2.05, 4.69) is 19.3 Å². The van der Waals surface area contributed by atoms with E-state index in [4.69, 9.17) is 0 Å². The first-order valence-corrected chi connectivity index (χ1v) is 8.81. The highest BCUT2D eigenvalue weighted by Crippen LogP contribution is 2.12.